The second-order valence-electron chi connectivity index (χ2n) is 7.89. The molecule has 0 unspecified atom stereocenters. The van der Waals surface area contributed by atoms with E-state index in [1.54, 1.807) is 6.07 Å². The maximum absolute atomic E-state index is 13.4. The Balaban J connectivity index is 0.00000342. The van der Waals surface area contributed by atoms with Gasteiger partial charge in [0.15, 0.2) is 15.0 Å². The molecular weight excluding hydrogens is 527 g/mol. The average Bonchev–Trinajstić information content (AvgIpc) is 3.22. The lowest BCUT2D eigenvalue weighted by molar-refractivity contribution is -0.137. The van der Waals surface area contributed by atoms with Crippen molar-refractivity contribution < 1.29 is 31.1 Å². The van der Waals surface area contributed by atoms with E-state index in [0.717, 1.165) is 29.7 Å². The predicted octanol–water partition coefficient (Wildman–Crippen LogP) is 4.12. The second kappa shape index (κ2) is 10.8. The van der Waals surface area contributed by atoms with Crippen molar-refractivity contribution >= 4 is 54.8 Å². The van der Waals surface area contributed by atoms with Crippen LogP contribution in [0, 0.1) is 0 Å². The molecule has 0 N–H and O–H groups in total. The summed E-state index contributed by atoms with van der Waals surface area (Å²) in [4.78, 5) is 21.5. The van der Waals surface area contributed by atoms with Crippen LogP contribution in [0.25, 0.3) is 10.2 Å². The van der Waals surface area contributed by atoms with Crippen LogP contribution < -0.4 is 4.90 Å². The molecule has 1 saturated heterocycles. The van der Waals surface area contributed by atoms with Crippen LogP contribution in [-0.4, -0.2) is 69.9 Å². The zero-order chi connectivity index (χ0) is 24.5. The summed E-state index contributed by atoms with van der Waals surface area (Å²) in [6.45, 7) is 3.19. The maximum Gasteiger partial charge on any atom is 0.416 e. The fraction of sp³-hybridized carbons (Fsp3) is 0.364. The smallest absolute Gasteiger partial charge is 0.379 e. The van der Waals surface area contributed by atoms with Gasteiger partial charge in [0, 0.05) is 38.0 Å². The van der Waals surface area contributed by atoms with E-state index in [0.29, 0.717) is 43.1 Å². The van der Waals surface area contributed by atoms with Crippen LogP contribution in [0.15, 0.2) is 47.4 Å². The highest BCUT2D eigenvalue weighted by molar-refractivity contribution is 7.90. The number of anilines is 1. The van der Waals surface area contributed by atoms with Crippen molar-refractivity contribution in [2.24, 2.45) is 0 Å². The number of carbonyl (C=O) groups excluding carboxylic acids is 1. The Morgan fingerprint density at radius 3 is 2.54 bits per heavy atom. The van der Waals surface area contributed by atoms with E-state index < -0.39 is 27.5 Å². The van der Waals surface area contributed by atoms with E-state index in [1.165, 1.54) is 29.2 Å². The highest BCUT2D eigenvalue weighted by atomic mass is 35.5. The molecule has 0 radical (unpaired) electrons. The summed E-state index contributed by atoms with van der Waals surface area (Å²) >= 11 is 1.12. The molecule has 190 valence electrons. The van der Waals surface area contributed by atoms with Crippen molar-refractivity contribution in [1.29, 1.82) is 0 Å². The number of aromatic nitrogens is 1. The molecular formula is C22H23ClF3N3O4S2. The quantitative estimate of drug-likeness (QED) is 0.460. The average molecular weight is 550 g/mol. The number of halogens is 4. The lowest BCUT2D eigenvalue weighted by atomic mass is 10.1. The molecule has 2 heterocycles. The van der Waals surface area contributed by atoms with Gasteiger partial charge in [0.05, 0.1) is 33.9 Å². The monoisotopic (exact) mass is 549 g/mol. The number of carbonyl (C=O) groups is 1. The lowest BCUT2D eigenvalue weighted by Gasteiger charge is -2.29. The predicted molar refractivity (Wildman–Crippen MR) is 130 cm³/mol. The van der Waals surface area contributed by atoms with Gasteiger partial charge in [-0.05, 0) is 36.4 Å². The molecule has 0 aliphatic carbocycles. The van der Waals surface area contributed by atoms with Gasteiger partial charge in [-0.25, -0.2) is 13.4 Å². The Labute approximate surface area is 210 Å². The number of hydrogen-bond donors (Lipinski definition) is 0. The van der Waals surface area contributed by atoms with Gasteiger partial charge in [-0.1, -0.05) is 17.4 Å². The lowest BCUT2D eigenvalue weighted by Crippen LogP contribution is -2.43. The Bertz CT molecular complexity index is 1310. The minimum Gasteiger partial charge on any atom is -0.379 e. The van der Waals surface area contributed by atoms with Crippen molar-refractivity contribution in [2.75, 3.05) is 50.5 Å². The third-order valence-electron chi connectivity index (χ3n) is 5.43. The molecule has 7 nitrogen and oxygen atoms in total. The summed E-state index contributed by atoms with van der Waals surface area (Å²) in [5, 5.41) is 0.288. The Morgan fingerprint density at radius 2 is 1.89 bits per heavy atom. The molecule has 35 heavy (non-hydrogen) atoms. The Hall–Kier alpha value is -2.25. The number of hydrogen-bond acceptors (Lipinski definition) is 7. The molecule has 1 fully saturated rings. The molecule has 0 bridgehead atoms. The Morgan fingerprint density at radius 1 is 1.17 bits per heavy atom. The summed E-state index contributed by atoms with van der Waals surface area (Å²) in [5.41, 5.74) is -0.512. The van der Waals surface area contributed by atoms with Gasteiger partial charge in [-0.15, -0.1) is 12.4 Å². The molecule has 13 heteroatoms. The van der Waals surface area contributed by atoms with Crippen LogP contribution in [0.1, 0.15) is 15.9 Å². The molecule has 1 aromatic heterocycles. The zero-order valence-corrected chi connectivity index (χ0v) is 21.1. The van der Waals surface area contributed by atoms with E-state index >= 15 is 0 Å². The number of thiazole rings is 1. The fourth-order valence-electron chi connectivity index (χ4n) is 3.57. The summed E-state index contributed by atoms with van der Waals surface area (Å²) in [5.74, 6) is -0.609. The molecule has 2 aromatic carbocycles. The van der Waals surface area contributed by atoms with Crippen molar-refractivity contribution in [1.82, 2.24) is 9.88 Å². The summed E-state index contributed by atoms with van der Waals surface area (Å²) in [6, 6.07) is 8.77. The van der Waals surface area contributed by atoms with Crippen molar-refractivity contribution in [3.63, 3.8) is 0 Å². The normalized spacial score (nSPS) is 15.1. The number of benzene rings is 2. The van der Waals surface area contributed by atoms with Gasteiger partial charge in [0.2, 0.25) is 0 Å². The maximum atomic E-state index is 13.4. The number of amides is 1. The first-order valence-corrected chi connectivity index (χ1v) is 13.1. The van der Waals surface area contributed by atoms with E-state index in [9.17, 15) is 26.4 Å². The van der Waals surface area contributed by atoms with Gasteiger partial charge in [-0.3, -0.25) is 14.6 Å². The second-order valence-corrected chi connectivity index (χ2v) is 10.9. The third kappa shape index (κ3) is 6.50. The van der Waals surface area contributed by atoms with E-state index in [2.05, 4.69) is 9.88 Å². The molecule has 0 saturated carbocycles. The third-order valence-corrected chi connectivity index (χ3v) is 7.58. The van der Waals surface area contributed by atoms with Gasteiger partial charge in [0.25, 0.3) is 5.91 Å². The van der Waals surface area contributed by atoms with Crippen molar-refractivity contribution in [3.8, 4) is 0 Å². The van der Waals surface area contributed by atoms with Crippen LogP contribution in [0.5, 0.6) is 0 Å². The molecule has 1 amide bonds. The first kappa shape index (κ1) is 27.3. The van der Waals surface area contributed by atoms with Gasteiger partial charge < -0.3 is 4.74 Å². The highest BCUT2D eigenvalue weighted by Crippen LogP contribution is 2.33. The van der Waals surface area contributed by atoms with Crippen LogP contribution in [0.3, 0.4) is 0 Å². The molecule has 1 aliphatic heterocycles. The number of morpholine rings is 1. The van der Waals surface area contributed by atoms with Gasteiger partial charge in [-0.2, -0.15) is 13.2 Å². The van der Waals surface area contributed by atoms with Crippen LogP contribution in [0.2, 0.25) is 0 Å². The first-order chi connectivity index (χ1) is 16.0. The Kier molecular flexibility index (Phi) is 8.43. The number of fused-ring (bicyclic) bond motifs is 1. The number of rotatable bonds is 6. The van der Waals surface area contributed by atoms with E-state index in [4.69, 9.17) is 4.74 Å². The van der Waals surface area contributed by atoms with Crippen LogP contribution >= 0.6 is 23.7 Å². The molecule has 1 aliphatic rings. The molecule has 3 aromatic rings. The van der Waals surface area contributed by atoms with E-state index in [1.807, 2.05) is 0 Å². The SMILES string of the molecule is CS(=O)(=O)c1ccc2nc(N(CCN3CCOCC3)C(=O)c3cccc(C(F)(F)F)c3)sc2c1.Cl. The number of alkyl halides is 3. The number of nitrogens with zero attached hydrogens (tertiary/aromatic N) is 3. The standard InChI is InChI=1S/C22H22F3N3O4S2.ClH/c1-34(30,31)17-5-6-18-19(14-17)33-21(26-18)28(8-7-27-9-11-32-12-10-27)20(29)15-3-2-4-16(13-15)22(23,24)25;/h2-6,13-14H,7-12H2,1H3;1H. The summed E-state index contributed by atoms with van der Waals surface area (Å²) in [7, 11) is -3.43. The largest absolute Gasteiger partial charge is 0.416 e. The van der Waals surface area contributed by atoms with Crippen LogP contribution in [0.4, 0.5) is 18.3 Å². The zero-order valence-electron chi connectivity index (χ0n) is 18.6. The first-order valence-electron chi connectivity index (χ1n) is 10.4. The summed E-state index contributed by atoms with van der Waals surface area (Å²) in [6.07, 6.45) is -3.48. The van der Waals surface area contributed by atoms with E-state index in [-0.39, 0.29) is 34.5 Å². The van der Waals surface area contributed by atoms with Crippen molar-refractivity contribution in [2.45, 2.75) is 11.1 Å². The molecule has 0 atom stereocenters. The van der Waals surface area contributed by atoms with Gasteiger partial charge >= 0.3 is 6.18 Å². The highest BCUT2D eigenvalue weighted by Gasteiger charge is 2.32. The van der Waals surface area contributed by atoms with Gasteiger partial charge in [0.1, 0.15) is 0 Å². The topological polar surface area (TPSA) is 79.8 Å². The molecule has 0 spiro atoms. The number of sulfone groups is 1. The number of ether oxygens (including phenoxy) is 1. The summed E-state index contributed by atoms with van der Waals surface area (Å²) < 4.78 is 69.4. The van der Waals surface area contributed by atoms with Crippen LogP contribution in [-0.2, 0) is 20.8 Å². The minimum atomic E-state index is -4.58. The minimum absolute atomic E-state index is 0. The molecule has 4 rings (SSSR count). The fourth-order valence-corrected chi connectivity index (χ4v) is 5.32. The van der Waals surface area contributed by atoms with Crippen molar-refractivity contribution in [3.05, 3.63) is 53.6 Å².